The molecular weight excluding hydrogens is 470 g/mol. The molecule has 2 aromatic carbocycles. The normalized spacial score (nSPS) is 14.1. The molecule has 2 aliphatic rings. The fraction of sp³-hybridized carbons (Fsp3) is 0.273. The molecule has 0 unspecified atom stereocenters. The van der Waals surface area contributed by atoms with Crippen LogP contribution in [0, 0.1) is 0 Å². The van der Waals surface area contributed by atoms with E-state index >= 15 is 0 Å². The SMILES string of the molecule is C[SiH](C)C1=[C]([Zr+2][c]2cccc3c2Cc2ccccc2-3)CC=C1CCO.[Cl-].[Cl-]. The van der Waals surface area contributed by atoms with Crippen molar-refractivity contribution in [2.24, 2.45) is 0 Å². The smallest absolute Gasteiger partial charge is 1.00 e. The average molecular weight is 495 g/mol. The zero-order chi connectivity index (χ0) is 17.4. The van der Waals surface area contributed by atoms with Gasteiger partial charge in [0.1, 0.15) is 0 Å². The molecule has 0 atom stereocenters. The van der Waals surface area contributed by atoms with E-state index in [9.17, 15) is 5.11 Å². The molecule has 0 heterocycles. The minimum absolute atomic E-state index is 0. The molecule has 5 heteroatoms. The number of benzene rings is 2. The number of allylic oxidation sites excluding steroid dienone is 3. The minimum atomic E-state index is -0.850. The first kappa shape index (κ1) is 22.8. The molecule has 0 amide bonds. The van der Waals surface area contributed by atoms with E-state index < -0.39 is 32.0 Å². The van der Waals surface area contributed by atoms with E-state index in [1.807, 2.05) is 0 Å². The number of aliphatic hydroxyl groups excluding tert-OH is 1. The topological polar surface area (TPSA) is 20.2 Å². The Bertz CT molecular complexity index is 890. The van der Waals surface area contributed by atoms with Crippen LogP contribution in [0.1, 0.15) is 24.0 Å². The Morgan fingerprint density at radius 1 is 1.00 bits per heavy atom. The van der Waals surface area contributed by atoms with Crippen LogP contribution in [0.4, 0.5) is 0 Å². The number of hydrogen-bond donors (Lipinski definition) is 1. The molecule has 0 fully saturated rings. The number of aliphatic hydroxyl groups is 1. The van der Waals surface area contributed by atoms with Gasteiger partial charge in [-0.15, -0.1) is 0 Å². The second-order valence-corrected chi connectivity index (χ2v) is 13.6. The molecule has 2 aromatic rings. The van der Waals surface area contributed by atoms with Crippen molar-refractivity contribution in [2.75, 3.05) is 6.61 Å². The summed E-state index contributed by atoms with van der Waals surface area (Å²) in [6, 6.07) is 15.9. The van der Waals surface area contributed by atoms with E-state index in [0.29, 0.717) is 0 Å². The van der Waals surface area contributed by atoms with E-state index in [4.69, 9.17) is 0 Å². The monoisotopic (exact) mass is 492 g/mol. The Kier molecular flexibility index (Phi) is 8.34. The van der Waals surface area contributed by atoms with Crippen molar-refractivity contribution < 1.29 is 53.2 Å². The van der Waals surface area contributed by atoms with Gasteiger partial charge in [-0.25, -0.2) is 0 Å². The van der Waals surface area contributed by atoms with Gasteiger partial charge in [0.05, 0.1) is 0 Å². The molecule has 0 radical (unpaired) electrons. The number of hydrogen-bond acceptors (Lipinski definition) is 1. The Labute approximate surface area is 188 Å². The van der Waals surface area contributed by atoms with Crippen LogP contribution >= 0.6 is 0 Å². The van der Waals surface area contributed by atoms with Gasteiger partial charge in [-0.1, -0.05) is 0 Å². The van der Waals surface area contributed by atoms with Crippen molar-refractivity contribution >= 4 is 12.1 Å². The molecule has 140 valence electrons. The van der Waals surface area contributed by atoms with E-state index in [1.54, 1.807) is 17.3 Å². The van der Waals surface area contributed by atoms with E-state index in [2.05, 4.69) is 61.6 Å². The molecule has 0 aromatic heterocycles. The minimum Gasteiger partial charge on any atom is -1.00 e. The maximum absolute atomic E-state index is 9.40. The first-order valence-electron chi connectivity index (χ1n) is 9.19. The summed E-state index contributed by atoms with van der Waals surface area (Å²) in [5.41, 5.74) is 7.47. The van der Waals surface area contributed by atoms with Crippen LogP contribution in [0.15, 0.2) is 62.6 Å². The summed E-state index contributed by atoms with van der Waals surface area (Å²) in [5.74, 6) is 0. The second kappa shape index (κ2) is 9.85. The zero-order valence-electron chi connectivity index (χ0n) is 15.7. The van der Waals surface area contributed by atoms with Crippen LogP contribution in [0.3, 0.4) is 0 Å². The van der Waals surface area contributed by atoms with Crippen LogP contribution in [0.25, 0.3) is 11.1 Å². The second-order valence-electron chi connectivity index (χ2n) is 7.24. The molecule has 0 saturated heterocycles. The summed E-state index contributed by atoms with van der Waals surface area (Å²) in [5, 5.41) is 11.1. The summed E-state index contributed by atoms with van der Waals surface area (Å²) in [6.07, 6.45) is 5.52. The Hall–Kier alpha value is -0.440. The molecule has 0 saturated carbocycles. The Balaban J connectivity index is 0.00000131. The van der Waals surface area contributed by atoms with Crippen molar-refractivity contribution in [3.8, 4) is 11.1 Å². The molecule has 0 spiro atoms. The zero-order valence-corrected chi connectivity index (χ0v) is 20.9. The van der Waals surface area contributed by atoms with Gasteiger partial charge in [-0.3, -0.25) is 0 Å². The molecule has 1 nitrogen and oxygen atoms in total. The van der Waals surface area contributed by atoms with Crippen molar-refractivity contribution in [2.45, 2.75) is 32.4 Å². The van der Waals surface area contributed by atoms with Crippen LogP contribution in [0.2, 0.25) is 13.1 Å². The van der Waals surface area contributed by atoms with Crippen molar-refractivity contribution in [3.05, 3.63) is 73.7 Å². The summed E-state index contributed by atoms with van der Waals surface area (Å²) in [7, 11) is -0.850. The van der Waals surface area contributed by atoms with Crippen LogP contribution < -0.4 is 28.1 Å². The molecule has 1 N–H and O–H groups in total. The van der Waals surface area contributed by atoms with Gasteiger partial charge in [0.25, 0.3) is 0 Å². The summed E-state index contributed by atoms with van der Waals surface area (Å²) >= 11 is -0.766. The van der Waals surface area contributed by atoms with Gasteiger partial charge in [-0.2, -0.15) is 0 Å². The largest absolute Gasteiger partial charge is 1.00 e. The number of rotatable bonds is 5. The molecule has 27 heavy (non-hydrogen) atoms. The Morgan fingerprint density at radius 3 is 2.48 bits per heavy atom. The Morgan fingerprint density at radius 2 is 1.74 bits per heavy atom. The summed E-state index contributed by atoms with van der Waals surface area (Å²) in [4.78, 5) is 0. The van der Waals surface area contributed by atoms with Crippen LogP contribution in [-0.4, -0.2) is 20.5 Å². The fourth-order valence-electron chi connectivity index (χ4n) is 4.27. The molecule has 0 aliphatic heterocycles. The van der Waals surface area contributed by atoms with E-state index in [0.717, 1.165) is 19.3 Å². The maximum atomic E-state index is 9.40. The van der Waals surface area contributed by atoms with E-state index in [-0.39, 0.29) is 31.4 Å². The average Bonchev–Trinajstić information content (AvgIpc) is 3.17. The predicted octanol–water partition coefficient (Wildman–Crippen LogP) is -2.03. The van der Waals surface area contributed by atoms with Crippen molar-refractivity contribution in [1.29, 1.82) is 0 Å². The molecular formula is C22H24Cl2OSiZr. The van der Waals surface area contributed by atoms with Gasteiger partial charge in [0.2, 0.25) is 0 Å². The standard InChI is InChI=1S/C13H9.C9H15OSi.2ClH.Zr/c1-3-7-12-10(5-1)9-11-6-2-4-8-13(11)12;1-11(2)9-5-3-4-8(9)6-7-10;;;/h1-5,7-8H,9H2;4,10-11H,3,6-7H2,1-2H3;2*1H;/q;;;;+2/p-2. The van der Waals surface area contributed by atoms with Gasteiger partial charge in [0, 0.05) is 0 Å². The fourth-order valence-corrected chi connectivity index (χ4v) is 12.0. The third kappa shape index (κ3) is 4.43. The van der Waals surface area contributed by atoms with Gasteiger partial charge < -0.3 is 24.8 Å². The molecule has 2 aliphatic carbocycles. The van der Waals surface area contributed by atoms with E-state index in [1.165, 1.54) is 22.3 Å². The number of fused-ring (bicyclic) bond motifs is 3. The van der Waals surface area contributed by atoms with Crippen molar-refractivity contribution in [1.82, 2.24) is 0 Å². The number of halogens is 2. The summed E-state index contributed by atoms with van der Waals surface area (Å²) < 4.78 is 3.44. The molecule has 4 rings (SSSR count). The quantitative estimate of drug-likeness (QED) is 0.406. The third-order valence-corrected chi connectivity index (χ3v) is 11.6. The molecule has 0 bridgehead atoms. The first-order valence-corrected chi connectivity index (χ1v) is 14.5. The van der Waals surface area contributed by atoms with Crippen molar-refractivity contribution in [3.63, 3.8) is 0 Å². The van der Waals surface area contributed by atoms with Gasteiger partial charge in [-0.05, 0) is 0 Å². The van der Waals surface area contributed by atoms with Gasteiger partial charge >= 0.3 is 164 Å². The van der Waals surface area contributed by atoms with Crippen LogP contribution in [0.5, 0.6) is 0 Å². The predicted molar refractivity (Wildman–Crippen MR) is 105 cm³/mol. The maximum Gasteiger partial charge on any atom is -1.00 e. The van der Waals surface area contributed by atoms with Gasteiger partial charge in [0.15, 0.2) is 0 Å². The first-order chi connectivity index (χ1) is 12.2. The van der Waals surface area contributed by atoms with Crippen LogP contribution in [-0.2, 0) is 29.7 Å². The summed E-state index contributed by atoms with van der Waals surface area (Å²) in [6.45, 7) is 5.16. The third-order valence-electron chi connectivity index (χ3n) is 5.32.